The molecular formula is C15H22N2O3. The molecule has 2 rings (SSSR count). The summed E-state index contributed by atoms with van der Waals surface area (Å²) >= 11 is 0. The number of methoxy groups -OCH3 is 1. The summed E-state index contributed by atoms with van der Waals surface area (Å²) < 4.78 is 10.4. The molecule has 1 aromatic carbocycles. The van der Waals surface area contributed by atoms with Gasteiger partial charge in [-0.15, -0.1) is 0 Å². The molecule has 0 spiro atoms. The molecule has 0 aromatic heterocycles. The fourth-order valence-corrected chi connectivity index (χ4v) is 2.49. The van der Waals surface area contributed by atoms with Crippen molar-refractivity contribution in [3.05, 3.63) is 23.8 Å². The van der Waals surface area contributed by atoms with Gasteiger partial charge < -0.3 is 20.1 Å². The Labute approximate surface area is 119 Å². The first kappa shape index (κ1) is 14.7. The van der Waals surface area contributed by atoms with Gasteiger partial charge in [-0.25, -0.2) is 4.79 Å². The van der Waals surface area contributed by atoms with Crippen LogP contribution in [-0.2, 0) is 9.47 Å². The van der Waals surface area contributed by atoms with E-state index in [-0.39, 0.29) is 12.1 Å². The molecule has 110 valence electrons. The molecule has 2 N–H and O–H groups in total. The van der Waals surface area contributed by atoms with E-state index in [4.69, 9.17) is 15.2 Å². The van der Waals surface area contributed by atoms with E-state index in [2.05, 4.69) is 11.8 Å². The average Bonchev–Trinajstić information content (AvgIpc) is 2.97. The zero-order valence-corrected chi connectivity index (χ0v) is 12.1. The van der Waals surface area contributed by atoms with Gasteiger partial charge in [0.1, 0.15) is 0 Å². The molecule has 5 nitrogen and oxygen atoms in total. The number of hydrogen-bond donors (Lipinski definition) is 1. The third kappa shape index (κ3) is 3.22. The van der Waals surface area contributed by atoms with E-state index in [1.54, 1.807) is 18.2 Å². The number of carbonyl (C=O) groups excluding carboxylic acids is 1. The van der Waals surface area contributed by atoms with Crippen LogP contribution in [0, 0.1) is 0 Å². The fraction of sp³-hybridized carbons (Fsp3) is 0.533. The van der Waals surface area contributed by atoms with Crippen LogP contribution in [0.4, 0.5) is 11.4 Å². The zero-order valence-electron chi connectivity index (χ0n) is 12.1. The Morgan fingerprint density at radius 3 is 2.95 bits per heavy atom. The lowest BCUT2D eigenvalue weighted by atomic mass is 10.1. The SMILES string of the molecule is CCN(CC1CCCO1)c1cc(C(=O)OC)ccc1N. The number of anilines is 2. The van der Waals surface area contributed by atoms with E-state index in [0.29, 0.717) is 11.3 Å². The van der Waals surface area contributed by atoms with Crippen LogP contribution in [0.3, 0.4) is 0 Å². The van der Waals surface area contributed by atoms with Crippen molar-refractivity contribution in [1.29, 1.82) is 0 Å². The minimum atomic E-state index is -0.348. The Morgan fingerprint density at radius 1 is 1.55 bits per heavy atom. The van der Waals surface area contributed by atoms with Crippen molar-refractivity contribution in [1.82, 2.24) is 0 Å². The Hall–Kier alpha value is -1.75. The summed E-state index contributed by atoms with van der Waals surface area (Å²) in [6, 6.07) is 5.23. The maximum atomic E-state index is 11.6. The molecule has 0 amide bonds. The van der Waals surface area contributed by atoms with Crippen LogP contribution >= 0.6 is 0 Å². The summed E-state index contributed by atoms with van der Waals surface area (Å²) in [6.45, 7) is 4.51. The van der Waals surface area contributed by atoms with E-state index in [1.807, 2.05) is 0 Å². The molecule has 1 aliphatic heterocycles. The summed E-state index contributed by atoms with van der Waals surface area (Å²) in [6.07, 6.45) is 2.43. The van der Waals surface area contributed by atoms with E-state index < -0.39 is 0 Å². The molecule has 5 heteroatoms. The first-order valence-corrected chi connectivity index (χ1v) is 7.00. The number of ether oxygens (including phenoxy) is 2. The van der Waals surface area contributed by atoms with Crippen molar-refractivity contribution >= 4 is 17.3 Å². The molecule has 1 aromatic rings. The molecule has 0 saturated carbocycles. The number of rotatable bonds is 5. The van der Waals surface area contributed by atoms with Gasteiger partial charge in [-0.05, 0) is 38.0 Å². The Kier molecular flexibility index (Phi) is 4.84. The molecule has 1 aliphatic rings. The van der Waals surface area contributed by atoms with Crippen LogP contribution < -0.4 is 10.6 Å². The molecule has 1 heterocycles. The highest BCUT2D eigenvalue weighted by molar-refractivity contribution is 5.92. The topological polar surface area (TPSA) is 64.8 Å². The van der Waals surface area contributed by atoms with Gasteiger partial charge in [0.2, 0.25) is 0 Å². The van der Waals surface area contributed by atoms with Gasteiger partial charge in [-0.2, -0.15) is 0 Å². The van der Waals surface area contributed by atoms with Gasteiger partial charge in [0, 0.05) is 19.7 Å². The molecule has 1 fully saturated rings. The Morgan fingerprint density at radius 2 is 2.35 bits per heavy atom. The Bertz CT molecular complexity index is 470. The third-order valence-corrected chi connectivity index (χ3v) is 3.62. The lowest BCUT2D eigenvalue weighted by Crippen LogP contribution is -2.32. The molecule has 1 unspecified atom stereocenters. The smallest absolute Gasteiger partial charge is 0.337 e. The monoisotopic (exact) mass is 278 g/mol. The number of nitrogen functional groups attached to an aromatic ring is 1. The largest absolute Gasteiger partial charge is 0.465 e. The van der Waals surface area contributed by atoms with Crippen LogP contribution in [0.1, 0.15) is 30.1 Å². The van der Waals surface area contributed by atoms with Gasteiger partial charge in [0.05, 0.1) is 30.2 Å². The van der Waals surface area contributed by atoms with Crippen LogP contribution in [-0.4, -0.2) is 38.9 Å². The maximum Gasteiger partial charge on any atom is 0.337 e. The van der Waals surface area contributed by atoms with Gasteiger partial charge in [-0.3, -0.25) is 0 Å². The number of carbonyl (C=O) groups is 1. The molecule has 1 saturated heterocycles. The quantitative estimate of drug-likeness (QED) is 0.659. The van der Waals surface area contributed by atoms with Crippen molar-refractivity contribution in [3.63, 3.8) is 0 Å². The zero-order chi connectivity index (χ0) is 14.5. The average molecular weight is 278 g/mol. The van der Waals surface area contributed by atoms with Crippen LogP contribution in [0.2, 0.25) is 0 Å². The summed E-state index contributed by atoms with van der Waals surface area (Å²) in [4.78, 5) is 13.8. The van der Waals surface area contributed by atoms with E-state index in [0.717, 1.165) is 38.2 Å². The van der Waals surface area contributed by atoms with E-state index in [9.17, 15) is 4.79 Å². The molecule has 1 atom stereocenters. The summed E-state index contributed by atoms with van der Waals surface area (Å²) in [5.41, 5.74) is 8.09. The number of hydrogen-bond acceptors (Lipinski definition) is 5. The second-order valence-corrected chi connectivity index (χ2v) is 4.94. The van der Waals surface area contributed by atoms with Crippen LogP contribution in [0.25, 0.3) is 0 Å². The molecule has 0 bridgehead atoms. The number of esters is 1. The minimum Gasteiger partial charge on any atom is -0.465 e. The van der Waals surface area contributed by atoms with Crippen molar-refractivity contribution in [2.24, 2.45) is 0 Å². The molecular weight excluding hydrogens is 256 g/mol. The summed E-state index contributed by atoms with van der Waals surface area (Å²) in [5.74, 6) is -0.348. The van der Waals surface area contributed by atoms with Crippen LogP contribution in [0.5, 0.6) is 0 Å². The standard InChI is InChI=1S/C15H22N2O3/c1-3-17(10-12-5-4-8-20-12)14-9-11(15(18)19-2)6-7-13(14)16/h6-7,9,12H,3-5,8,10,16H2,1-2H3. The number of benzene rings is 1. The van der Waals surface area contributed by atoms with Gasteiger partial charge in [-0.1, -0.05) is 0 Å². The lowest BCUT2D eigenvalue weighted by Gasteiger charge is -2.27. The lowest BCUT2D eigenvalue weighted by molar-refractivity contribution is 0.0601. The van der Waals surface area contributed by atoms with E-state index >= 15 is 0 Å². The molecule has 0 aliphatic carbocycles. The highest BCUT2D eigenvalue weighted by Crippen LogP contribution is 2.26. The summed E-state index contributed by atoms with van der Waals surface area (Å²) in [5, 5.41) is 0. The second kappa shape index (κ2) is 6.61. The van der Waals surface area contributed by atoms with Gasteiger partial charge in [0.15, 0.2) is 0 Å². The highest BCUT2D eigenvalue weighted by Gasteiger charge is 2.20. The highest BCUT2D eigenvalue weighted by atomic mass is 16.5. The number of nitrogens with two attached hydrogens (primary N) is 1. The number of nitrogens with zero attached hydrogens (tertiary/aromatic N) is 1. The fourth-order valence-electron chi connectivity index (χ4n) is 2.49. The van der Waals surface area contributed by atoms with Crippen molar-refractivity contribution in [2.75, 3.05) is 37.4 Å². The van der Waals surface area contributed by atoms with E-state index in [1.165, 1.54) is 7.11 Å². The van der Waals surface area contributed by atoms with Gasteiger partial charge in [0.25, 0.3) is 0 Å². The van der Waals surface area contributed by atoms with Crippen molar-refractivity contribution in [3.8, 4) is 0 Å². The van der Waals surface area contributed by atoms with Crippen LogP contribution in [0.15, 0.2) is 18.2 Å². The number of likely N-dealkylation sites (N-methyl/N-ethyl adjacent to an activating group) is 1. The Balaban J connectivity index is 2.20. The summed E-state index contributed by atoms with van der Waals surface area (Å²) in [7, 11) is 1.38. The molecule has 0 radical (unpaired) electrons. The predicted molar refractivity (Wildman–Crippen MR) is 79.1 cm³/mol. The molecule has 20 heavy (non-hydrogen) atoms. The van der Waals surface area contributed by atoms with Gasteiger partial charge >= 0.3 is 5.97 Å². The first-order valence-electron chi connectivity index (χ1n) is 7.00. The van der Waals surface area contributed by atoms with Crippen molar-refractivity contribution in [2.45, 2.75) is 25.9 Å². The normalized spacial score (nSPS) is 18.0. The predicted octanol–water partition coefficient (Wildman–Crippen LogP) is 2.06. The first-order chi connectivity index (χ1) is 9.65. The van der Waals surface area contributed by atoms with Crippen molar-refractivity contribution < 1.29 is 14.3 Å². The maximum absolute atomic E-state index is 11.6. The second-order valence-electron chi connectivity index (χ2n) is 4.94. The third-order valence-electron chi connectivity index (χ3n) is 3.62. The minimum absolute atomic E-state index is 0.246.